The van der Waals surface area contributed by atoms with Gasteiger partial charge in [-0.3, -0.25) is 0 Å². The van der Waals surface area contributed by atoms with Crippen molar-refractivity contribution in [2.45, 2.75) is 65.5 Å². The van der Waals surface area contributed by atoms with Gasteiger partial charge in [0.2, 0.25) is 0 Å². The highest BCUT2D eigenvalue weighted by Gasteiger charge is 2.16. The van der Waals surface area contributed by atoms with Gasteiger partial charge in [0.15, 0.2) is 0 Å². The van der Waals surface area contributed by atoms with Crippen LogP contribution in [0.3, 0.4) is 0 Å². The lowest BCUT2D eigenvalue weighted by molar-refractivity contribution is 0.0750. The number of nitrogens with one attached hydrogen (secondary N) is 1. The van der Waals surface area contributed by atoms with Crippen molar-refractivity contribution < 1.29 is 5.11 Å². The highest BCUT2D eigenvalue weighted by molar-refractivity contribution is 4.74. The summed E-state index contributed by atoms with van der Waals surface area (Å²) in [6.45, 7) is 11.1. The van der Waals surface area contributed by atoms with E-state index in [0.717, 1.165) is 12.3 Å². The summed E-state index contributed by atoms with van der Waals surface area (Å²) in [6, 6.07) is 0.552. The van der Waals surface area contributed by atoms with Crippen LogP contribution < -0.4 is 5.32 Å². The highest BCUT2D eigenvalue weighted by Crippen LogP contribution is 2.12. The smallest absolute Gasteiger partial charge is 0.0715 e. The summed E-state index contributed by atoms with van der Waals surface area (Å²) in [5.41, 5.74) is -0.594. The zero-order chi connectivity index (χ0) is 11.2. The molecule has 0 rings (SSSR count). The molecule has 0 aromatic rings. The quantitative estimate of drug-likeness (QED) is 0.663. The van der Waals surface area contributed by atoms with Gasteiger partial charge in [-0.1, -0.05) is 27.2 Å². The molecule has 0 unspecified atom stereocenters. The van der Waals surface area contributed by atoms with Crippen molar-refractivity contribution >= 4 is 0 Å². The molecule has 2 heteroatoms. The molecule has 86 valence electrons. The molecule has 0 fully saturated rings. The van der Waals surface area contributed by atoms with E-state index in [4.69, 9.17) is 0 Å². The van der Waals surface area contributed by atoms with E-state index in [1.807, 2.05) is 13.8 Å². The Bertz CT molecular complexity index is 140. The lowest BCUT2D eigenvalue weighted by Gasteiger charge is -2.25. The van der Waals surface area contributed by atoms with Crippen LogP contribution in [0.15, 0.2) is 0 Å². The van der Waals surface area contributed by atoms with Crippen molar-refractivity contribution in [1.82, 2.24) is 5.32 Å². The van der Waals surface area contributed by atoms with Crippen molar-refractivity contribution in [2.75, 3.05) is 6.54 Å². The Kier molecular flexibility index (Phi) is 6.38. The minimum atomic E-state index is -0.594. The predicted octanol–water partition coefficient (Wildman–Crippen LogP) is 2.56. The molecule has 0 saturated carbocycles. The average Bonchev–Trinajstić information content (AvgIpc) is 2.10. The zero-order valence-electron chi connectivity index (χ0n) is 10.4. The summed E-state index contributed by atoms with van der Waals surface area (Å²) in [5.74, 6) is 0.772. The van der Waals surface area contributed by atoms with Crippen LogP contribution >= 0.6 is 0 Å². The van der Waals surface area contributed by atoms with Crippen molar-refractivity contribution in [3.8, 4) is 0 Å². The molecule has 0 aliphatic rings. The number of aliphatic hydroxyl groups is 1. The molecule has 0 bridgehead atoms. The molecular weight excluding hydrogens is 174 g/mol. The monoisotopic (exact) mass is 201 g/mol. The number of hydrogen-bond acceptors (Lipinski definition) is 2. The second-order valence-electron chi connectivity index (χ2n) is 5.05. The van der Waals surface area contributed by atoms with Gasteiger partial charge in [-0.15, -0.1) is 0 Å². The predicted molar refractivity (Wildman–Crippen MR) is 62.5 cm³/mol. The first-order chi connectivity index (χ1) is 6.39. The summed E-state index contributed by atoms with van der Waals surface area (Å²) in [6.07, 6.45) is 3.59. The molecule has 2 nitrogen and oxygen atoms in total. The molecule has 14 heavy (non-hydrogen) atoms. The SMILES string of the molecule is CC[C@@H](C)C[C@@H](CC)NCC(C)(C)O. The molecule has 0 aromatic heterocycles. The second-order valence-corrected chi connectivity index (χ2v) is 5.05. The standard InChI is InChI=1S/C12H27NO/c1-6-10(3)8-11(7-2)13-9-12(4,5)14/h10-11,13-14H,6-9H2,1-5H3/t10-,11-/m1/s1. The first-order valence-electron chi connectivity index (χ1n) is 5.84. The summed E-state index contributed by atoms with van der Waals surface area (Å²) < 4.78 is 0. The Morgan fingerprint density at radius 2 is 1.79 bits per heavy atom. The van der Waals surface area contributed by atoms with Gasteiger partial charge in [0.25, 0.3) is 0 Å². The first-order valence-corrected chi connectivity index (χ1v) is 5.84. The largest absolute Gasteiger partial charge is 0.389 e. The molecule has 0 aromatic carbocycles. The molecule has 2 N–H and O–H groups in total. The fourth-order valence-corrected chi connectivity index (χ4v) is 1.44. The van der Waals surface area contributed by atoms with E-state index >= 15 is 0 Å². The van der Waals surface area contributed by atoms with Crippen LogP contribution in [0.2, 0.25) is 0 Å². The van der Waals surface area contributed by atoms with Crippen molar-refractivity contribution in [2.24, 2.45) is 5.92 Å². The van der Waals surface area contributed by atoms with Crippen molar-refractivity contribution in [1.29, 1.82) is 0 Å². The van der Waals surface area contributed by atoms with Crippen LogP contribution in [0.25, 0.3) is 0 Å². The third kappa shape index (κ3) is 7.34. The molecular formula is C12H27NO. The van der Waals surface area contributed by atoms with Crippen LogP contribution in [0.5, 0.6) is 0 Å². The van der Waals surface area contributed by atoms with E-state index in [1.54, 1.807) is 0 Å². The Morgan fingerprint density at radius 3 is 2.14 bits per heavy atom. The third-order valence-corrected chi connectivity index (χ3v) is 2.70. The summed E-state index contributed by atoms with van der Waals surface area (Å²) >= 11 is 0. The van der Waals surface area contributed by atoms with E-state index < -0.39 is 5.60 Å². The molecule has 0 aliphatic heterocycles. The summed E-state index contributed by atoms with van der Waals surface area (Å²) in [5, 5.41) is 13.0. The van der Waals surface area contributed by atoms with Crippen LogP contribution in [-0.4, -0.2) is 23.3 Å². The average molecular weight is 201 g/mol. The molecule has 0 aliphatic carbocycles. The van der Waals surface area contributed by atoms with Crippen molar-refractivity contribution in [3.63, 3.8) is 0 Å². The van der Waals surface area contributed by atoms with Gasteiger partial charge in [-0.25, -0.2) is 0 Å². The lowest BCUT2D eigenvalue weighted by Crippen LogP contribution is -2.41. The molecule has 0 spiro atoms. The minimum Gasteiger partial charge on any atom is -0.389 e. The van der Waals surface area contributed by atoms with E-state index in [2.05, 4.69) is 26.1 Å². The van der Waals surface area contributed by atoms with Gasteiger partial charge >= 0.3 is 0 Å². The maximum Gasteiger partial charge on any atom is 0.0715 e. The van der Waals surface area contributed by atoms with Crippen LogP contribution in [0.1, 0.15) is 53.9 Å². The van der Waals surface area contributed by atoms with Gasteiger partial charge in [0, 0.05) is 12.6 Å². The van der Waals surface area contributed by atoms with Gasteiger partial charge in [0.1, 0.15) is 0 Å². The van der Waals surface area contributed by atoms with E-state index in [1.165, 1.54) is 12.8 Å². The molecule has 2 atom stereocenters. The lowest BCUT2D eigenvalue weighted by atomic mass is 9.97. The number of hydrogen-bond donors (Lipinski definition) is 2. The van der Waals surface area contributed by atoms with Gasteiger partial charge in [0.05, 0.1) is 5.60 Å². The Labute approximate surface area is 89.1 Å². The minimum absolute atomic E-state index is 0.552. The maximum absolute atomic E-state index is 9.59. The summed E-state index contributed by atoms with van der Waals surface area (Å²) in [7, 11) is 0. The van der Waals surface area contributed by atoms with E-state index in [-0.39, 0.29) is 0 Å². The topological polar surface area (TPSA) is 32.3 Å². The Balaban J connectivity index is 3.80. The zero-order valence-corrected chi connectivity index (χ0v) is 10.4. The Morgan fingerprint density at radius 1 is 1.21 bits per heavy atom. The molecule has 0 radical (unpaired) electrons. The Hall–Kier alpha value is -0.0800. The van der Waals surface area contributed by atoms with Gasteiger partial charge in [-0.2, -0.15) is 0 Å². The first kappa shape index (κ1) is 13.9. The van der Waals surface area contributed by atoms with Gasteiger partial charge < -0.3 is 10.4 Å². The maximum atomic E-state index is 9.59. The number of rotatable bonds is 7. The molecule has 0 amide bonds. The van der Waals surface area contributed by atoms with E-state index in [9.17, 15) is 5.11 Å². The normalized spacial score (nSPS) is 16.7. The van der Waals surface area contributed by atoms with Gasteiger partial charge in [-0.05, 0) is 32.6 Å². The van der Waals surface area contributed by atoms with Crippen LogP contribution in [-0.2, 0) is 0 Å². The van der Waals surface area contributed by atoms with Crippen molar-refractivity contribution in [3.05, 3.63) is 0 Å². The molecule has 0 saturated heterocycles. The molecule has 0 heterocycles. The fraction of sp³-hybridized carbons (Fsp3) is 1.00. The van der Waals surface area contributed by atoms with Crippen LogP contribution in [0, 0.1) is 5.92 Å². The fourth-order valence-electron chi connectivity index (χ4n) is 1.44. The third-order valence-electron chi connectivity index (χ3n) is 2.70. The second kappa shape index (κ2) is 6.41. The highest BCUT2D eigenvalue weighted by atomic mass is 16.3. The van der Waals surface area contributed by atoms with Crippen LogP contribution in [0.4, 0.5) is 0 Å². The summed E-state index contributed by atoms with van der Waals surface area (Å²) in [4.78, 5) is 0. The van der Waals surface area contributed by atoms with E-state index in [0.29, 0.717) is 12.6 Å².